The minimum absolute atomic E-state index is 0.173. The van der Waals surface area contributed by atoms with Gasteiger partial charge in [0.25, 0.3) is 10.0 Å². The van der Waals surface area contributed by atoms with Crippen LogP contribution >= 0.6 is 11.3 Å². The third-order valence-electron chi connectivity index (χ3n) is 3.45. The number of aryl methyl sites for hydroxylation is 1. The van der Waals surface area contributed by atoms with Crippen molar-refractivity contribution in [3.63, 3.8) is 0 Å². The van der Waals surface area contributed by atoms with E-state index in [-0.39, 0.29) is 4.90 Å². The van der Waals surface area contributed by atoms with Crippen molar-refractivity contribution in [2.24, 2.45) is 0 Å². The van der Waals surface area contributed by atoms with Gasteiger partial charge in [-0.05, 0) is 48.4 Å². The molecular formula is C16H16N2O3S2. The monoisotopic (exact) mass is 348 g/mol. The van der Waals surface area contributed by atoms with E-state index >= 15 is 0 Å². The van der Waals surface area contributed by atoms with Gasteiger partial charge in [0.2, 0.25) is 0 Å². The minimum Gasteiger partial charge on any atom is -0.497 e. The fourth-order valence-corrected chi connectivity index (χ4v) is 4.33. The van der Waals surface area contributed by atoms with Crippen LogP contribution in [0.2, 0.25) is 0 Å². The normalized spacial score (nSPS) is 11.6. The second-order valence-corrected chi connectivity index (χ2v) is 7.67. The van der Waals surface area contributed by atoms with Crippen molar-refractivity contribution < 1.29 is 13.2 Å². The number of rotatable bonds is 5. The van der Waals surface area contributed by atoms with Gasteiger partial charge in [-0.3, -0.25) is 4.72 Å². The topological polar surface area (TPSA) is 68.3 Å². The molecule has 5 nitrogen and oxygen atoms in total. The van der Waals surface area contributed by atoms with Crippen LogP contribution in [0.15, 0.2) is 47.4 Å². The second-order valence-electron chi connectivity index (χ2n) is 4.96. The predicted octanol–water partition coefficient (Wildman–Crippen LogP) is 3.67. The molecule has 0 saturated heterocycles. The van der Waals surface area contributed by atoms with Crippen molar-refractivity contribution in [1.82, 2.24) is 4.98 Å². The fraction of sp³-hybridized carbons (Fsp3) is 0.188. The van der Waals surface area contributed by atoms with E-state index in [1.54, 1.807) is 12.1 Å². The van der Waals surface area contributed by atoms with Crippen LogP contribution < -0.4 is 9.46 Å². The summed E-state index contributed by atoms with van der Waals surface area (Å²) in [7, 11) is -2.12. The Hall–Kier alpha value is -2.12. The summed E-state index contributed by atoms with van der Waals surface area (Å²) in [5.41, 5.74) is 1.99. The molecular weight excluding hydrogens is 332 g/mol. The number of benzene rings is 2. The van der Waals surface area contributed by atoms with Gasteiger partial charge in [-0.2, -0.15) is 0 Å². The van der Waals surface area contributed by atoms with Gasteiger partial charge in [0.15, 0.2) is 5.13 Å². The maximum atomic E-state index is 12.4. The van der Waals surface area contributed by atoms with Gasteiger partial charge >= 0.3 is 0 Å². The number of methoxy groups -OCH3 is 1. The number of hydrogen-bond donors (Lipinski definition) is 1. The lowest BCUT2D eigenvalue weighted by Gasteiger charge is -2.05. The third-order valence-corrected chi connectivity index (χ3v) is 5.87. The quantitative estimate of drug-likeness (QED) is 0.764. The van der Waals surface area contributed by atoms with Crippen molar-refractivity contribution in [1.29, 1.82) is 0 Å². The number of aromatic nitrogens is 1. The summed E-state index contributed by atoms with van der Waals surface area (Å²) in [5.74, 6) is 0.607. The van der Waals surface area contributed by atoms with E-state index < -0.39 is 10.0 Å². The molecule has 0 spiro atoms. The van der Waals surface area contributed by atoms with Gasteiger partial charge in [-0.15, -0.1) is 0 Å². The molecule has 0 amide bonds. The molecule has 0 aliphatic rings. The summed E-state index contributed by atoms with van der Waals surface area (Å²) in [6.45, 7) is 2.08. The van der Waals surface area contributed by atoms with Gasteiger partial charge in [-0.25, -0.2) is 13.4 Å². The molecule has 1 heterocycles. The number of sulfonamides is 1. The zero-order chi connectivity index (χ0) is 16.4. The first-order chi connectivity index (χ1) is 11.0. The lowest BCUT2D eigenvalue weighted by molar-refractivity contribution is 0.414. The molecule has 2 aromatic carbocycles. The van der Waals surface area contributed by atoms with E-state index in [4.69, 9.17) is 4.74 Å². The average molecular weight is 348 g/mol. The molecule has 0 aliphatic carbocycles. The summed E-state index contributed by atoms with van der Waals surface area (Å²) in [6, 6.07) is 12.2. The van der Waals surface area contributed by atoms with E-state index in [1.807, 2.05) is 18.2 Å². The van der Waals surface area contributed by atoms with Gasteiger partial charge in [0.05, 0.1) is 22.2 Å². The van der Waals surface area contributed by atoms with Gasteiger partial charge in [0, 0.05) is 0 Å². The summed E-state index contributed by atoms with van der Waals surface area (Å²) in [5, 5.41) is 0.365. The average Bonchev–Trinajstić information content (AvgIpc) is 2.95. The number of ether oxygens (including phenoxy) is 1. The van der Waals surface area contributed by atoms with Crippen LogP contribution in [0.1, 0.15) is 12.5 Å². The standard InChI is InChI=1S/C16H16N2O3S2/c1-3-11-4-9-14-15(10-11)22-16(17-14)18-23(19,20)13-7-5-12(21-2)6-8-13/h4-10H,3H2,1-2H3,(H,17,18). The lowest BCUT2D eigenvalue weighted by atomic mass is 10.2. The molecule has 0 bridgehead atoms. The lowest BCUT2D eigenvalue weighted by Crippen LogP contribution is -2.12. The highest BCUT2D eigenvalue weighted by Crippen LogP contribution is 2.29. The molecule has 3 aromatic rings. The largest absolute Gasteiger partial charge is 0.497 e. The number of nitrogens with zero attached hydrogens (tertiary/aromatic N) is 1. The molecule has 23 heavy (non-hydrogen) atoms. The number of thiazole rings is 1. The zero-order valence-corrected chi connectivity index (χ0v) is 14.4. The summed E-state index contributed by atoms with van der Waals surface area (Å²) < 4.78 is 33.4. The molecule has 120 valence electrons. The van der Waals surface area contributed by atoms with Crippen molar-refractivity contribution in [2.75, 3.05) is 11.8 Å². The SMILES string of the molecule is CCc1ccc2nc(NS(=O)(=O)c3ccc(OC)cc3)sc2c1. The van der Waals surface area contributed by atoms with E-state index in [1.165, 1.54) is 36.1 Å². The van der Waals surface area contributed by atoms with Crippen LogP contribution in [0.3, 0.4) is 0 Å². The number of fused-ring (bicyclic) bond motifs is 1. The van der Waals surface area contributed by atoms with Crippen LogP contribution in [0.4, 0.5) is 5.13 Å². The van der Waals surface area contributed by atoms with Crippen LogP contribution in [-0.2, 0) is 16.4 Å². The van der Waals surface area contributed by atoms with Crippen LogP contribution in [0.25, 0.3) is 10.2 Å². The Morgan fingerprint density at radius 1 is 1.17 bits per heavy atom. The fourth-order valence-electron chi connectivity index (χ4n) is 2.16. The van der Waals surface area contributed by atoms with Gasteiger partial charge in [-0.1, -0.05) is 24.3 Å². The van der Waals surface area contributed by atoms with Crippen LogP contribution in [0, 0.1) is 0 Å². The van der Waals surface area contributed by atoms with E-state index in [0.29, 0.717) is 10.9 Å². The van der Waals surface area contributed by atoms with E-state index in [9.17, 15) is 8.42 Å². The molecule has 7 heteroatoms. The number of hydrogen-bond acceptors (Lipinski definition) is 5. The first kappa shape index (κ1) is 15.8. The van der Waals surface area contributed by atoms with Crippen molar-refractivity contribution >= 4 is 36.7 Å². The van der Waals surface area contributed by atoms with Crippen LogP contribution in [-0.4, -0.2) is 20.5 Å². The third kappa shape index (κ3) is 3.30. The maximum absolute atomic E-state index is 12.4. The molecule has 0 atom stereocenters. The molecule has 0 unspecified atom stereocenters. The highest BCUT2D eigenvalue weighted by atomic mass is 32.2. The zero-order valence-electron chi connectivity index (χ0n) is 12.7. The summed E-state index contributed by atoms with van der Waals surface area (Å²) in [4.78, 5) is 4.51. The maximum Gasteiger partial charge on any atom is 0.263 e. The van der Waals surface area contributed by atoms with Crippen molar-refractivity contribution in [2.45, 2.75) is 18.2 Å². The molecule has 0 radical (unpaired) electrons. The Balaban J connectivity index is 1.90. The molecule has 1 aromatic heterocycles. The Labute approximate surface area is 139 Å². The highest BCUT2D eigenvalue weighted by molar-refractivity contribution is 7.93. The van der Waals surface area contributed by atoms with Gasteiger partial charge < -0.3 is 4.74 Å². The summed E-state index contributed by atoms with van der Waals surface area (Å²) in [6.07, 6.45) is 0.931. The van der Waals surface area contributed by atoms with Crippen molar-refractivity contribution in [3.8, 4) is 5.75 Å². The van der Waals surface area contributed by atoms with E-state index in [2.05, 4.69) is 16.6 Å². The Kier molecular flexibility index (Phi) is 4.23. The minimum atomic E-state index is -3.66. The molecule has 3 rings (SSSR count). The number of anilines is 1. The summed E-state index contributed by atoms with van der Waals surface area (Å²) >= 11 is 1.33. The Morgan fingerprint density at radius 3 is 2.57 bits per heavy atom. The molecule has 0 saturated carbocycles. The van der Waals surface area contributed by atoms with E-state index in [0.717, 1.165) is 16.6 Å². The Morgan fingerprint density at radius 2 is 1.91 bits per heavy atom. The second kappa shape index (κ2) is 6.17. The Bertz CT molecular complexity index is 932. The number of nitrogens with one attached hydrogen (secondary N) is 1. The van der Waals surface area contributed by atoms with Gasteiger partial charge in [0.1, 0.15) is 5.75 Å². The first-order valence-corrected chi connectivity index (χ1v) is 9.38. The molecule has 0 aliphatic heterocycles. The highest BCUT2D eigenvalue weighted by Gasteiger charge is 2.16. The van der Waals surface area contributed by atoms with Crippen LogP contribution in [0.5, 0.6) is 5.75 Å². The molecule has 0 fully saturated rings. The first-order valence-electron chi connectivity index (χ1n) is 7.08. The smallest absolute Gasteiger partial charge is 0.263 e. The van der Waals surface area contributed by atoms with Crippen molar-refractivity contribution in [3.05, 3.63) is 48.0 Å². The molecule has 1 N–H and O–H groups in total. The predicted molar refractivity (Wildman–Crippen MR) is 92.8 cm³/mol.